The van der Waals surface area contributed by atoms with Crippen molar-refractivity contribution < 1.29 is 9.18 Å². The molecule has 0 bridgehead atoms. The van der Waals surface area contributed by atoms with Crippen molar-refractivity contribution in [2.45, 2.75) is 12.8 Å². The Balaban J connectivity index is 1.93. The van der Waals surface area contributed by atoms with Gasteiger partial charge in [-0.3, -0.25) is 9.89 Å². The number of aromatic nitrogens is 2. The summed E-state index contributed by atoms with van der Waals surface area (Å²) in [4.78, 5) is 14.1. The molecule has 1 amide bonds. The van der Waals surface area contributed by atoms with Crippen molar-refractivity contribution >= 4 is 16.8 Å². The lowest BCUT2D eigenvalue weighted by Crippen LogP contribution is -2.25. The zero-order valence-electron chi connectivity index (χ0n) is 11.7. The number of nitrogens with one attached hydrogen (secondary N) is 2. The van der Waals surface area contributed by atoms with Gasteiger partial charge in [0.2, 0.25) is 0 Å². The first-order valence-corrected chi connectivity index (χ1v) is 6.64. The first-order valence-electron chi connectivity index (χ1n) is 6.64. The summed E-state index contributed by atoms with van der Waals surface area (Å²) in [7, 11) is 4.03. The summed E-state index contributed by atoms with van der Waals surface area (Å²) in [6, 6.07) is 4.23. The minimum atomic E-state index is -0.376. The SMILES string of the molecule is CN(C)CCCCNC(=O)c1n[nH]c2ccc(F)cc12. The summed E-state index contributed by atoms with van der Waals surface area (Å²) in [5.74, 6) is -0.648. The van der Waals surface area contributed by atoms with E-state index in [0.717, 1.165) is 19.4 Å². The number of H-pyrrole nitrogens is 1. The molecule has 0 aliphatic carbocycles. The normalized spacial score (nSPS) is 11.2. The summed E-state index contributed by atoms with van der Waals surface area (Å²) in [6.07, 6.45) is 1.92. The number of fused-ring (bicyclic) bond motifs is 1. The predicted octanol–water partition coefficient (Wildman–Crippen LogP) is 1.77. The van der Waals surface area contributed by atoms with Crippen molar-refractivity contribution in [3.63, 3.8) is 0 Å². The van der Waals surface area contributed by atoms with E-state index in [1.807, 2.05) is 14.1 Å². The number of carbonyl (C=O) groups is 1. The van der Waals surface area contributed by atoms with E-state index in [4.69, 9.17) is 0 Å². The molecule has 2 N–H and O–H groups in total. The van der Waals surface area contributed by atoms with E-state index in [1.165, 1.54) is 12.1 Å². The van der Waals surface area contributed by atoms with E-state index in [-0.39, 0.29) is 17.4 Å². The quantitative estimate of drug-likeness (QED) is 0.792. The number of hydrogen-bond acceptors (Lipinski definition) is 3. The maximum Gasteiger partial charge on any atom is 0.272 e. The molecule has 0 aliphatic heterocycles. The fourth-order valence-corrected chi connectivity index (χ4v) is 2.00. The monoisotopic (exact) mass is 278 g/mol. The third-order valence-corrected chi connectivity index (χ3v) is 3.06. The lowest BCUT2D eigenvalue weighted by molar-refractivity contribution is 0.0949. The van der Waals surface area contributed by atoms with Gasteiger partial charge in [-0.1, -0.05) is 0 Å². The molecule has 0 radical (unpaired) electrons. The number of carbonyl (C=O) groups excluding carboxylic acids is 1. The summed E-state index contributed by atoms with van der Waals surface area (Å²) < 4.78 is 13.2. The first kappa shape index (κ1) is 14.5. The minimum absolute atomic E-state index is 0.243. The number of aromatic amines is 1. The van der Waals surface area contributed by atoms with Gasteiger partial charge in [0.1, 0.15) is 5.82 Å². The van der Waals surface area contributed by atoms with Crippen LogP contribution < -0.4 is 5.32 Å². The Morgan fingerprint density at radius 2 is 2.20 bits per heavy atom. The van der Waals surface area contributed by atoms with Crippen LogP contribution in [-0.4, -0.2) is 48.2 Å². The topological polar surface area (TPSA) is 61.0 Å². The van der Waals surface area contributed by atoms with Gasteiger partial charge >= 0.3 is 0 Å². The molecule has 0 fully saturated rings. The predicted molar refractivity (Wildman–Crippen MR) is 76.2 cm³/mol. The largest absolute Gasteiger partial charge is 0.351 e. The van der Waals surface area contributed by atoms with E-state index in [1.54, 1.807) is 6.07 Å². The van der Waals surface area contributed by atoms with Gasteiger partial charge in [0, 0.05) is 11.9 Å². The lowest BCUT2D eigenvalue weighted by Gasteiger charge is -2.09. The number of nitrogens with zero attached hydrogens (tertiary/aromatic N) is 2. The van der Waals surface area contributed by atoms with Crippen LogP contribution in [0.5, 0.6) is 0 Å². The molecule has 1 aromatic carbocycles. The van der Waals surface area contributed by atoms with Gasteiger partial charge in [0.05, 0.1) is 5.52 Å². The summed E-state index contributed by atoms with van der Waals surface area (Å²) in [5, 5.41) is 10.00. The third kappa shape index (κ3) is 3.54. The Morgan fingerprint density at radius 3 is 2.95 bits per heavy atom. The van der Waals surface area contributed by atoms with Crippen molar-refractivity contribution in [1.29, 1.82) is 0 Å². The molecule has 0 saturated heterocycles. The molecule has 0 saturated carbocycles. The zero-order valence-corrected chi connectivity index (χ0v) is 11.7. The molecule has 1 heterocycles. The van der Waals surface area contributed by atoms with Crippen LogP contribution in [0.2, 0.25) is 0 Å². The van der Waals surface area contributed by atoms with Crippen LogP contribution in [0.15, 0.2) is 18.2 Å². The van der Waals surface area contributed by atoms with Gasteiger partial charge in [-0.2, -0.15) is 5.10 Å². The van der Waals surface area contributed by atoms with E-state index >= 15 is 0 Å². The Labute approximate surface area is 117 Å². The Kier molecular flexibility index (Phi) is 4.68. The van der Waals surface area contributed by atoms with Crippen LogP contribution in [-0.2, 0) is 0 Å². The first-order chi connectivity index (χ1) is 9.58. The van der Waals surface area contributed by atoms with Crippen molar-refractivity contribution in [1.82, 2.24) is 20.4 Å². The van der Waals surface area contributed by atoms with Crippen molar-refractivity contribution in [2.24, 2.45) is 0 Å². The standard InChI is InChI=1S/C14H19FN4O/c1-19(2)8-4-3-7-16-14(20)13-11-9-10(15)5-6-12(11)17-18-13/h5-6,9H,3-4,7-8H2,1-2H3,(H,16,20)(H,17,18). The lowest BCUT2D eigenvalue weighted by atomic mass is 10.2. The number of benzene rings is 1. The number of rotatable bonds is 6. The Hall–Kier alpha value is -1.95. The Morgan fingerprint density at radius 1 is 1.40 bits per heavy atom. The van der Waals surface area contributed by atoms with Crippen LogP contribution in [0.1, 0.15) is 23.3 Å². The molecular weight excluding hydrogens is 259 g/mol. The van der Waals surface area contributed by atoms with Gasteiger partial charge in [-0.15, -0.1) is 0 Å². The van der Waals surface area contributed by atoms with Crippen LogP contribution in [0.4, 0.5) is 4.39 Å². The minimum Gasteiger partial charge on any atom is -0.351 e. The van der Waals surface area contributed by atoms with E-state index in [0.29, 0.717) is 17.4 Å². The van der Waals surface area contributed by atoms with Gasteiger partial charge in [-0.05, 0) is 51.7 Å². The highest BCUT2D eigenvalue weighted by Gasteiger charge is 2.13. The zero-order chi connectivity index (χ0) is 14.5. The summed E-state index contributed by atoms with van der Waals surface area (Å²) >= 11 is 0. The highest BCUT2D eigenvalue weighted by molar-refractivity contribution is 6.04. The van der Waals surface area contributed by atoms with Crippen molar-refractivity contribution in [3.8, 4) is 0 Å². The molecule has 0 spiro atoms. The molecule has 2 rings (SSSR count). The maximum atomic E-state index is 13.2. The molecule has 1 aromatic heterocycles. The second-order valence-electron chi connectivity index (χ2n) is 5.03. The van der Waals surface area contributed by atoms with Gasteiger partial charge in [0.15, 0.2) is 5.69 Å². The smallest absolute Gasteiger partial charge is 0.272 e. The second kappa shape index (κ2) is 6.47. The van der Waals surface area contributed by atoms with Crippen molar-refractivity contribution in [3.05, 3.63) is 29.7 Å². The summed E-state index contributed by atoms with van der Waals surface area (Å²) in [5.41, 5.74) is 0.899. The van der Waals surface area contributed by atoms with Crippen LogP contribution >= 0.6 is 0 Å². The van der Waals surface area contributed by atoms with Crippen LogP contribution in [0.3, 0.4) is 0 Å². The fraction of sp³-hybridized carbons (Fsp3) is 0.429. The molecule has 20 heavy (non-hydrogen) atoms. The molecular formula is C14H19FN4O. The van der Waals surface area contributed by atoms with Crippen LogP contribution in [0, 0.1) is 5.82 Å². The molecule has 2 aromatic rings. The van der Waals surface area contributed by atoms with E-state index < -0.39 is 0 Å². The number of hydrogen-bond donors (Lipinski definition) is 2. The molecule has 5 nitrogen and oxygen atoms in total. The molecule has 108 valence electrons. The van der Waals surface area contributed by atoms with E-state index in [9.17, 15) is 9.18 Å². The highest BCUT2D eigenvalue weighted by atomic mass is 19.1. The Bertz CT molecular complexity index is 594. The van der Waals surface area contributed by atoms with Gasteiger partial charge in [-0.25, -0.2) is 4.39 Å². The molecule has 6 heteroatoms. The molecule has 0 atom stereocenters. The number of unbranched alkanes of at least 4 members (excludes halogenated alkanes) is 1. The maximum absolute atomic E-state index is 13.2. The average molecular weight is 278 g/mol. The third-order valence-electron chi connectivity index (χ3n) is 3.06. The van der Waals surface area contributed by atoms with E-state index in [2.05, 4.69) is 20.4 Å². The van der Waals surface area contributed by atoms with Gasteiger partial charge in [0.25, 0.3) is 5.91 Å². The second-order valence-corrected chi connectivity index (χ2v) is 5.03. The average Bonchev–Trinajstić information content (AvgIpc) is 2.80. The summed E-state index contributed by atoms with van der Waals surface area (Å²) in [6.45, 7) is 1.59. The highest BCUT2D eigenvalue weighted by Crippen LogP contribution is 2.16. The fourth-order valence-electron chi connectivity index (χ4n) is 2.00. The number of amides is 1. The van der Waals surface area contributed by atoms with Gasteiger partial charge < -0.3 is 10.2 Å². The molecule has 0 aliphatic rings. The van der Waals surface area contributed by atoms with Crippen LogP contribution in [0.25, 0.3) is 10.9 Å². The van der Waals surface area contributed by atoms with Crippen molar-refractivity contribution in [2.75, 3.05) is 27.2 Å². The number of halogens is 1. The molecule has 0 unspecified atom stereocenters.